The molecule has 1 saturated carbocycles. The van der Waals surface area contributed by atoms with Crippen LogP contribution in [0.25, 0.3) is 10.9 Å². The van der Waals surface area contributed by atoms with Crippen molar-refractivity contribution in [3.8, 4) is 0 Å². The standard InChI is InChI=1S/C32H37BrN6O2S/c33-26-14-16-28(17-15-26)42(40,41)35-23-25-12-10-24(11-13-25)22-34-32-36-30-9-5-4-8-29(30)31(37-32)39-20-18-38(19-21-39)27-6-2-1-3-7-27/h1-9,14-17,24-25,35H,10-13,18-23H2,(H,34,36,37)/t24-,25-. The topological polar surface area (TPSA) is 90.5 Å². The summed E-state index contributed by atoms with van der Waals surface area (Å²) >= 11 is 3.36. The molecule has 6 rings (SSSR count). The molecule has 42 heavy (non-hydrogen) atoms. The highest BCUT2D eigenvalue weighted by Crippen LogP contribution is 2.30. The summed E-state index contributed by atoms with van der Waals surface area (Å²) in [6.45, 7) is 5.02. The summed E-state index contributed by atoms with van der Waals surface area (Å²) in [6.07, 6.45) is 4.12. The lowest BCUT2D eigenvalue weighted by Gasteiger charge is -2.37. The molecular weight excluding hydrogens is 612 g/mol. The van der Waals surface area contributed by atoms with Crippen LogP contribution >= 0.6 is 15.9 Å². The van der Waals surface area contributed by atoms with Crippen LogP contribution in [0.15, 0.2) is 88.2 Å². The zero-order chi connectivity index (χ0) is 28.9. The summed E-state index contributed by atoms with van der Waals surface area (Å²) in [5, 5.41) is 4.63. The lowest BCUT2D eigenvalue weighted by molar-refractivity contribution is 0.284. The Bertz CT molecular complexity index is 1590. The quantitative estimate of drug-likeness (QED) is 0.233. The number of hydrogen-bond acceptors (Lipinski definition) is 7. The van der Waals surface area contributed by atoms with E-state index < -0.39 is 10.0 Å². The lowest BCUT2D eigenvalue weighted by atomic mass is 9.82. The van der Waals surface area contributed by atoms with Crippen molar-refractivity contribution in [1.82, 2.24) is 14.7 Å². The van der Waals surface area contributed by atoms with Crippen molar-refractivity contribution in [1.29, 1.82) is 0 Å². The van der Waals surface area contributed by atoms with Gasteiger partial charge in [0.1, 0.15) is 5.82 Å². The Hall–Kier alpha value is -3.21. The zero-order valence-corrected chi connectivity index (χ0v) is 26.0. The highest BCUT2D eigenvalue weighted by atomic mass is 79.9. The van der Waals surface area contributed by atoms with E-state index in [-0.39, 0.29) is 0 Å². The fourth-order valence-electron chi connectivity index (χ4n) is 6.00. The van der Waals surface area contributed by atoms with Crippen LogP contribution in [0.3, 0.4) is 0 Å². The summed E-state index contributed by atoms with van der Waals surface area (Å²) in [5.41, 5.74) is 2.22. The highest BCUT2D eigenvalue weighted by molar-refractivity contribution is 9.10. The smallest absolute Gasteiger partial charge is 0.240 e. The predicted molar refractivity (Wildman–Crippen MR) is 174 cm³/mol. The van der Waals surface area contributed by atoms with Gasteiger partial charge in [0, 0.05) is 54.8 Å². The highest BCUT2D eigenvalue weighted by Gasteiger charge is 2.25. The molecule has 2 N–H and O–H groups in total. The average Bonchev–Trinajstić information content (AvgIpc) is 3.03. The molecular formula is C32H37BrN6O2S. The maximum absolute atomic E-state index is 12.7. The second-order valence-electron chi connectivity index (χ2n) is 11.3. The van der Waals surface area contributed by atoms with Crippen LogP contribution in [0.1, 0.15) is 25.7 Å². The van der Waals surface area contributed by atoms with Gasteiger partial charge in [-0.3, -0.25) is 0 Å². The number of sulfonamides is 1. The minimum absolute atomic E-state index is 0.302. The van der Waals surface area contributed by atoms with Crippen molar-refractivity contribution in [3.05, 3.63) is 83.3 Å². The van der Waals surface area contributed by atoms with Crippen LogP contribution in [-0.2, 0) is 10.0 Å². The normalized spacial score (nSPS) is 19.6. The van der Waals surface area contributed by atoms with E-state index in [1.165, 1.54) is 5.69 Å². The first-order chi connectivity index (χ1) is 20.4. The molecule has 0 unspecified atom stereocenters. The molecule has 0 atom stereocenters. The summed E-state index contributed by atoms with van der Waals surface area (Å²) in [7, 11) is -3.49. The molecule has 2 heterocycles. The number of hydrogen-bond donors (Lipinski definition) is 2. The van der Waals surface area contributed by atoms with Crippen molar-refractivity contribution in [3.63, 3.8) is 0 Å². The first kappa shape index (κ1) is 28.9. The fourth-order valence-corrected chi connectivity index (χ4v) is 7.38. The number of anilines is 3. The Morgan fingerprint density at radius 3 is 2.07 bits per heavy atom. The number of nitrogens with one attached hydrogen (secondary N) is 2. The van der Waals surface area contributed by atoms with Crippen LogP contribution in [0.2, 0.25) is 0 Å². The van der Waals surface area contributed by atoms with E-state index in [4.69, 9.17) is 9.97 Å². The van der Waals surface area contributed by atoms with Crippen molar-refractivity contribution in [2.24, 2.45) is 11.8 Å². The molecule has 220 valence electrons. The van der Waals surface area contributed by atoms with Crippen LogP contribution in [0, 0.1) is 11.8 Å². The molecule has 1 saturated heterocycles. The SMILES string of the molecule is O=S(=O)(NC[C@H]1CC[C@H](CNc2nc(N3CCN(c4ccccc4)CC3)c3ccccc3n2)CC1)c1ccc(Br)cc1. The summed E-state index contributed by atoms with van der Waals surface area (Å²) in [5.74, 6) is 2.54. The van der Waals surface area contributed by atoms with Crippen molar-refractivity contribution in [2.45, 2.75) is 30.6 Å². The van der Waals surface area contributed by atoms with E-state index in [9.17, 15) is 8.42 Å². The molecule has 4 aromatic rings. The number of nitrogens with zero attached hydrogens (tertiary/aromatic N) is 4. The third-order valence-corrected chi connectivity index (χ3v) is 10.5. The predicted octanol–water partition coefficient (Wildman–Crippen LogP) is 5.92. The van der Waals surface area contributed by atoms with E-state index in [1.807, 2.05) is 6.07 Å². The number of aromatic nitrogens is 2. The van der Waals surface area contributed by atoms with Gasteiger partial charge >= 0.3 is 0 Å². The Kier molecular flexibility index (Phi) is 8.92. The monoisotopic (exact) mass is 648 g/mol. The Labute approximate surface area is 256 Å². The second kappa shape index (κ2) is 13.0. The van der Waals surface area contributed by atoms with Crippen LogP contribution in [-0.4, -0.2) is 57.7 Å². The van der Waals surface area contributed by atoms with E-state index in [0.717, 1.165) is 79.6 Å². The minimum Gasteiger partial charge on any atom is -0.368 e. The molecule has 1 aliphatic carbocycles. The number of para-hydroxylation sites is 2. The molecule has 0 radical (unpaired) electrons. The van der Waals surface area contributed by atoms with Gasteiger partial charge in [-0.2, -0.15) is 4.98 Å². The Morgan fingerprint density at radius 1 is 0.738 bits per heavy atom. The number of halogens is 1. The molecule has 1 aromatic heterocycles. The molecule has 2 fully saturated rings. The number of benzene rings is 3. The molecule has 0 amide bonds. The lowest BCUT2D eigenvalue weighted by Crippen LogP contribution is -2.47. The molecule has 0 bridgehead atoms. The van der Waals surface area contributed by atoms with Gasteiger partial charge in [0.15, 0.2) is 0 Å². The molecule has 0 spiro atoms. The Balaban J connectivity index is 1.03. The summed E-state index contributed by atoms with van der Waals surface area (Å²) in [4.78, 5) is 15.0. The minimum atomic E-state index is -3.49. The molecule has 3 aromatic carbocycles. The van der Waals surface area contributed by atoms with Gasteiger partial charge in [-0.1, -0.05) is 46.3 Å². The van der Waals surface area contributed by atoms with Gasteiger partial charge in [0.25, 0.3) is 0 Å². The van der Waals surface area contributed by atoms with Crippen molar-refractivity contribution in [2.75, 3.05) is 54.4 Å². The van der Waals surface area contributed by atoms with Crippen LogP contribution in [0.5, 0.6) is 0 Å². The first-order valence-electron chi connectivity index (χ1n) is 14.8. The van der Waals surface area contributed by atoms with Gasteiger partial charge in [-0.05, 0) is 86.1 Å². The maximum Gasteiger partial charge on any atom is 0.240 e. The third-order valence-electron chi connectivity index (χ3n) is 8.48. The molecule has 1 aliphatic heterocycles. The number of rotatable bonds is 9. The van der Waals surface area contributed by atoms with Gasteiger partial charge in [0.05, 0.1) is 10.4 Å². The van der Waals surface area contributed by atoms with Gasteiger partial charge in [-0.15, -0.1) is 0 Å². The van der Waals surface area contributed by atoms with Crippen LogP contribution < -0.4 is 19.8 Å². The molecule has 2 aliphatic rings. The number of fused-ring (bicyclic) bond motifs is 1. The largest absolute Gasteiger partial charge is 0.368 e. The van der Waals surface area contributed by atoms with E-state index in [1.54, 1.807) is 24.3 Å². The zero-order valence-electron chi connectivity index (χ0n) is 23.6. The van der Waals surface area contributed by atoms with Gasteiger partial charge < -0.3 is 15.1 Å². The number of piperazine rings is 1. The van der Waals surface area contributed by atoms with E-state index >= 15 is 0 Å². The van der Waals surface area contributed by atoms with E-state index in [0.29, 0.717) is 29.2 Å². The second-order valence-corrected chi connectivity index (χ2v) is 14.0. The molecule has 10 heteroatoms. The van der Waals surface area contributed by atoms with Gasteiger partial charge in [-0.25, -0.2) is 18.1 Å². The van der Waals surface area contributed by atoms with Gasteiger partial charge in [0.2, 0.25) is 16.0 Å². The average molecular weight is 650 g/mol. The fraction of sp³-hybridized carbons (Fsp3) is 0.375. The van der Waals surface area contributed by atoms with Crippen molar-refractivity contribution < 1.29 is 8.42 Å². The summed E-state index contributed by atoms with van der Waals surface area (Å²) in [6, 6.07) is 25.6. The Morgan fingerprint density at radius 2 is 1.36 bits per heavy atom. The third kappa shape index (κ3) is 6.88. The summed E-state index contributed by atoms with van der Waals surface area (Å²) < 4.78 is 29.0. The van der Waals surface area contributed by atoms with E-state index in [2.05, 4.69) is 84.3 Å². The molecule has 8 nitrogen and oxygen atoms in total. The maximum atomic E-state index is 12.7. The van der Waals surface area contributed by atoms with Crippen molar-refractivity contribution >= 4 is 54.3 Å². The first-order valence-corrected chi connectivity index (χ1v) is 17.0. The van der Waals surface area contributed by atoms with Crippen LogP contribution in [0.4, 0.5) is 17.5 Å².